The van der Waals surface area contributed by atoms with Crippen molar-refractivity contribution in [3.05, 3.63) is 0 Å². The van der Waals surface area contributed by atoms with Gasteiger partial charge >= 0.3 is 12.0 Å². The van der Waals surface area contributed by atoms with Crippen LogP contribution in [0.15, 0.2) is 0 Å². The number of hydrogen-bond acceptors (Lipinski definition) is 2. The van der Waals surface area contributed by atoms with E-state index >= 15 is 0 Å². The third-order valence-corrected chi connectivity index (χ3v) is 3.76. The quantitative estimate of drug-likeness (QED) is 0.779. The van der Waals surface area contributed by atoms with Gasteiger partial charge in [-0.25, -0.2) is 4.79 Å². The number of carboxylic acids is 1. The summed E-state index contributed by atoms with van der Waals surface area (Å²) in [6.45, 7) is 5.63. The average molecular weight is 270 g/mol. The molecular formula is C14H26N2O3. The molecule has 1 rings (SSSR count). The van der Waals surface area contributed by atoms with E-state index in [9.17, 15) is 9.59 Å². The van der Waals surface area contributed by atoms with Crippen LogP contribution in [0.25, 0.3) is 0 Å². The Morgan fingerprint density at radius 2 is 2.00 bits per heavy atom. The maximum atomic E-state index is 12.0. The van der Waals surface area contributed by atoms with Crippen molar-refractivity contribution >= 4 is 12.0 Å². The molecule has 0 aliphatic carbocycles. The summed E-state index contributed by atoms with van der Waals surface area (Å²) in [6.07, 6.45) is 4.88. The van der Waals surface area contributed by atoms with E-state index in [1.54, 1.807) is 0 Å². The lowest BCUT2D eigenvalue weighted by Crippen LogP contribution is -2.47. The Labute approximate surface area is 115 Å². The highest BCUT2D eigenvalue weighted by Crippen LogP contribution is 2.21. The van der Waals surface area contributed by atoms with Crippen LogP contribution in [0.1, 0.15) is 52.4 Å². The molecular weight excluding hydrogens is 244 g/mol. The lowest BCUT2D eigenvalue weighted by molar-refractivity contribution is -0.137. The maximum Gasteiger partial charge on any atom is 0.317 e. The van der Waals surface area contributed by atoms with Gasteiger partial charge in [-0.1, -0.05) is 13.3 Å². The van der Waals surface area contributed by atoms with Gasteiger partial charge in [0.1, 0.15) is 0 Å². The second-order valence-corrected chi connectivity index (χ2v) is 5.50. The molecule has 0 saturated carbocycles. The van der Waals surface area contributed by atoms with Gasteiger partial charge in [0.05, 0.1) is 0 Å². The van der Waals surface area contributed by atoms with Gasteiger partial charge in [-0.2, -0.15) is 0 Å². The fourth-order valence-electron chi connectivity index (χ4n) is 2.56. The van der Waals surface area contributed by atoms with Crippen LogP contribution < -0.4 is 5.32 Å². The van der Waals surface area contributed by atoms with Gasteiger partial charge in [0.2, 0.25) is 0 Å². The SMILES string of the molecule is CCCC(C)NC(=O)N1CCC(CCC(=O)O)CC1. The van der Waals surface area contributed by atoms with Crippen molar-refractivity contribution in [2.75, 3.05) is 13.1 Å². The molecule has 0 radical (unpaired) electrons. The Morgan fingerprint density at radius 3 is 2.53 bits per heavy atom. The number of carbonyl (C=O) groups excluding carboxylic acids is 1. The lowest BCUT2D eigenvalue weighted by atomic mass is 9.92. The first kappa shape index (κ1) is 15.8. The second kappa shape index (κ2) is 8.02. The Bertz CT molecular complexity index is 299. The van der Waals surface area contributed by atoms with Crippen LogP contribution in [0.3, 0.4) is 0 Å². The van der Waals surface area contributed by atoms with Gasteiger partial charge in [-0.05, 0) is 38.5 Å². The summed E-state index contributed by atoms with van der Waals surface area (Å²) < 4.78 is 0. The van der Waals surface area contributed by atoms with E-state index in [1.807, 2.05) is 11.8 Å². The minimum absolute atomic E-state index is 0.0256. The molecule has 1 fully saturated rings. The Balaban J connectivity index is 2.25. The third-order valence-electron chi connectivity index (χ3n) is 3.76. The molecule has 19 heavy (non-hydrogen) atoms. The van der Waals surface area contributed by atoms with Crippen LogP contribution in [0, 0.1) is 5.92 Å². The molecule has 2 N–H and O–H groups in total. The van der Waals surface area contributed by atoms with Crippen LogP contribution in [0.5, 0.6) is 0 Å². The summed E-state index contributed by atoms with van der Waals surface area (Å²) in [5.74, 6) is -0.276. The average Bonchev–Trinajstić information content (AvgIpc) is 2.37. The highest BCUT2D eigenvalue weighted by Gasteiger charge is 2.23. The van der Waals surface area contributed by atoms with Crippen molar-refractivity contribution in [3.8, 4) is 0 Å². The zero-order valence-electron chi connectivity index (χ0n) is 12.0. The number of carbonyl (C=O) groups is 2. The fourth-order valence-corrected chi connectivity index (χ4v) is 2.56. The molecule has 0 bridgehead atoms. The van der Waals surface area contributed by atoms with Crippen LogP contribution in [0.4, 0.5) is 4.79 Å². The molecule has 0 spiro atoms. The fraction of sp³-hybridized carbons (Fsp3) is 0.857. The Morgan fingerprint density at radius 1 is 1.37 bits per heavy atom. The van der Waals surface area contributed by atoms with E-state index in [0.29, 0.717) is 5.92 Å². The third kappa shape index (κ3) is 5.94. The van der Waals surface area contributed by atoms with Crippen LogP contribution in [0.2, 0.25) is 0 Å². The molecule has 1 aliphatic heterocycles. The van der Waals surface area contributed by atoms with E-state index in [2.05, 4.69) is 12.2 Å². The Hall–Kier alpha value is -1.26. The summed E-state index contributed by atoms with van der Waals surface area (Å²) >= 11 is 0. The molecule has 110 valence electrons. The number of likely N-dealkylation sites (tertiary alicyclic amines) is 1. The number of urea groups is 1. The number of piperidine rings is 1. The standard InChI is InChI=1S/C14H26N2O3/c1-3-4-11(2)15-14(19)16-9-7-12(8-10-16)5-6-13(17)18/h11-12H,3-10H2,1-2H3,(H,15,19)(H,17,18). The normalized spacial score (nSPS) is 18.1. The summed E-state index contributed by atoms with van der Waals surface area (Å²) in [5, 5.41) is 11.7. The zero-order valence-corrected chi connectivity index (χ0v) is 12.0. The largest absolute Gasteiger partial charge is 0.481 e. The predicted molar refractivity (Wildman–Crippen MR) is 74.1 cm³/mol. The summed E-state index contributed by atoms with van der Waals surface area (Å²) in [7, 11) is 0. The molecule has 0 aromatic carbocycles. The summed E-state index contributed by atoms with van der Waals surface area (Å²) in [5.41, 5.74) is 0. The molecule has 1 unspecified atom stereocenters. The van der Waals surface area contributed by atoms with E-state index in [4.69, 9.17) is 5.11 Å². The Kier molecular flexibility index (Phi) is 6.67. The van der Waals surface area contributed by atoms with E-state index < -0.39 is 5.97 Å². The number of hydrogen-bond donors (Lipinski definition) is 2. The van der Waals surface area contributed by atoms with Crippen molar-refractivity contribution in [2.45, 2.75) is 58.4 Å². The predicted octanol–water partition coefficient (Wildman–Crippen LogP) is 2.46. The molecule has 0 aromatic heterocycles. The minimum Gasteiger partial charge on any atom is -0.481 e. The van der Waals surface area contributed by atoms with Crippen LogP contribution in [-0.4, -0.2) is 41.1 Å². The second-order valence-electron chi connectivity index (χ2n) is 5.50. The van der Waals surface area contributed by atoms with Gasteiger partial charge in [-0.3, -0.25) is 4.79 Å². The number of nitrogens with zero attached hydrogens (tertiary/aromatic N) is 1. The summed E-state index contributed by atoms with van der Waals surface area (Å²) in [4.78, 5) is 24.4. The number of amides is 2. The number of rotatable bonds is 6. The number of nitrogens with one attached hydrogen (secondary N) is 1. The molecule has 5 nitrogen and oxygen atoms in total. The van der Waals surface area contributed by atoms with Gasteiger partial charge < -0.3 is 15.3 Å². The molecule has 5 heteroatoms. The number of carboxylic acid groups (broad SMARTS) is 1. The molecule has 1 atom stereocenters. The van der Waals surface area contributed by atoms with Crippen molar-refractivity contribution in [1.29, 1.82) is 0 Å². The summed E-state index contributed by atoms with van der Waals surface area (Å²) in [6, 6.07) is 0.250. The molecule has 1 heterocycles. The molecule has 1 saturated heterocycles. The smallest absolute Gasteiger partial charge is 0.317 e. The van der Waals surface area contributed by atoms with E-state index in [1.165, 1.54) is 0 Å². The highest BCUT2D eigenvalue weighted by molar-refractivity contribution is 5.74. The maximum absolute atomic E-state index is 12.0. The minimum atomic E-state index is -0.728. The van der Waals surface area contributed by atoms with Crippen molar-refractivity contribution < 1.29 is 14.7 Å². The van der Waals surface area contributed by atoms with Gasteiger partial charge in [0.25, 0.3) is 0 Å². The zero-order chi connectivity index (χ0) is 14.3. The molecule has 2 amide bonds. The van der Waals surface area contributed by atoms with Crippen LogP contribution in [-0.2, 0) is 4.79 Å². The van der Waals surface area contributed by atoms with Crippen molar-refractivity contribution in [1.82, 2.24) is 10.2 Å². The first-order valence-corrected chi connectivity index (χ1v) is 7.30. The van der Waals surface area contributed by atoms with Crippen molar-refractivity contribution in [3.63, 3.8) is 0 Å². The first-order valence-electron chi connectivity index (χ1n) is 7.30. The topological polar surface area (TPSA) is 69.6 Å². The van der Waals surface area contributed by atoms with Gasteiger partial charge in [-0.15, -0.1) is 0 Å². The lowest BCUT2D eigenvalue weighted by Gasteiger charge is -2.32. The van der Waals surface area contributed by atoms with Crippen molar-refractivity contribution in [2.24, 2.45) is 5.92 Å². The van der Waals surface area contributed by atoms with Gasteiger partial charge in [0, 0.05) is 25.6 Å². The molecule has 0 aromatic rings. The van der Waals surface area contributed by atoms with E-state index in [0.717, 1.165) is 45.2 Å². The molecule has 1 aliphatic rings. The first-order chi connectivity index (χ1) is 9.02. The number of aliphatic carboxylic acids is 1. The highest BCUT2D eigenvalue weighted by atomic mass is 16.4. The van der Waals surface area contributed by atoms with Gasteiger partial charge in [0.15, 0.2) is 0 Å². The van der Waals surface area contributed by atoms with Crippen LogP contribution >= 0.6 is 0 Å². The monoisotopic (exact) mass is 270 g/mol. The van der Waals surface area contributed by atoms with E-state index in [-0.39, 0.29) is 18.5 Å².